The van der Waals surface area contributed by atoms with Crippen LogP contribution in [0.25, 0.3) is 0 Å². The fourth-order valence-corrected chi connectivity index (χ4v) is 1.95. The number of nitrogens with zero attached hydrogens (tertiary/aromatic N) is 2. The van der Waals surface area contributed by atoms with E-state index >= 15 is 0 Å². The van der Waals surface area contributed by atoms with Crippen molar-refractivity contribution in [2.45, 2.75) is 13.5 Å². The second-order valence-corrected chi connectivity index (χ2v) is 5.05. The van der Waals surface area contributed by atoms with Gasteiger partial charge in [0.15, 0.2) is 0 Å². The van der Waals surface area contributed by atoms with Crippen molar-refractivity contribution in [1.82, 2.24) is 9.78 Å². The highest BCUT2D eigenvalue weighted by Gasteiger charge is 2.00. The third-order valence-corrected chi connectivity index (χ3v) is 3.16. The summed E-state index contributed by atoms with van der Waals surface area (Å²) < 4.78 is 7.95. The quantitative estimate of drug-likeness (QED) is 0.879. The molecule has 1 aromatic heterocycles. The van der Waals surface area contributed by atoms with Crippen LogP contribution in [0.3, 0.4) is 0 Å². The lowest BCUT2D eigenvalue weighted by molar-refractivity contribution is 0.288. The first kappa shape index (κ1) is 14.6. The zero-order valence-corrected chi connectivity index (χ0v) is 12.8. The van der Waals surface area contributed by atoms with Crippen molar-refractivity contribution >= 4 is 21.6 Å². The monoisotopic (exact) mass is 337 g/mol. The van der Waals surface area contributed by atoms with E-state index < -0.39 is 0 Å². The number of anilines is 1. The van der Waals surface area contributed by atoms with Crippen LogP contribution in [0.15, 0.2) is 45.8 Å². The minimum Gasteiger partial charge on any atom is -0.492 e. The molecule has 0 saturated carbocycles. The third-order valence-electron chi connectivity index (χ3n) is 2.64. The van der Waals surface area contributed by atoms with E-state index in [4.69, 9.17) is 4.74 Å². The maximum atomic E-state index is 11.8. The summed E-state index contributed by atoms with van der Waals surface area (Å²) >= 11 is 3.36. The summed E-state index contributed by atoms with van der Waals surface area (Å²) in [5.41, 5.74) is 0.602. The summed E-state index contributed by atoms with van der Waals surface area (Å²) in [6.07, 6.45) is 1.64. The molecule has 0 atom stereocenters. The Morgan fingerprint density at radius 1 is 1.35 bits per heavy atom. The first-order chi connectivity index (χ1) is 9.69. The van der Waals surface area contributed by atoms with Crippen LogP contribution in [-0.4, -0.2) is 22.9 Å². The number of benzene rings is 1. The summed E-state index contributed by atoms with van der Waals surface area (Å²) in [7, 11) is 0. The molecule has 1 aromatic carbocycles. The SMILES string of the molecule is CCNc1cnn(CCOc2ccc(Br)cc2)c(=O)c1. The molecule has 0 aliphatic rings. The highest BCUT2D eigenvalue weighted by Crippen LogP contribution is 2.15. The van der Waals surface area contributed by atoms with Crippen molar-refractivity contribution in [1.29, 1.82) is 0 Å². The number of hydrogen-bond donors (Lipinski definition) is 1. The van der Waals surface area contributed by atoms with Gasteiger partial charge >= 0.3 is 0 Å². The Balaban J connectivity index is 1.91. The molecule has 0 amide bonds. The van der Waals surface area contributed by atoms with Gasteiger partial charge in [-0.15, -0.1) is 0 Å². The minimum absolute atomic E-state index is 0.136. The van der Waals surface area contributed by atoms with E-state index in [1.165, 1.54) is 10.7 Å². The molecule has 6 heteroatoms. The molecule has 20 heavy (non-hydrogen) atoms. The second kappa shape index (κ2) is 7.09. The van der Waals surface area contributed by atoms with Gasteiger partial charge in [0.1, 0.15) is 12.4 Å². The normalized spacial score (nSPS) is 10.3. The van der Waals surface area contributed by atoms with Gasteiger partial charge in [-0.3, -0.25) is 4.79 Å². The number of hydrogen-bond acceptors (Lipinski definition) is 4. The molecule has 1 N–H and O–H groups in total. The summed E-state index contributed by atoms with van der Waals surface area (Å²) in [5.74, 6) is 0.769. The Bertz CT molecular complexity index is 611. The molecule has 0 unspecified atom stereocenters. The summed E-state index contributed by atoms with van der Waals surface area (Å²) in [5, 5.41) is 7.15. The van der Waals surface area contributed by atoms with E-state index in [0.717, 1.165) is 22.5 Å². The molecule has 0 spiro atoms. The van der Waals surface area contributed by atoms with Crippen LogP contribution >= 0.6 is 15.9 Å². The lowest BCUT2D eigenvalue weighted by Gasteiger charge is -2.08. The second-order valence-electron chi connectivity index (χ2n) is 4.14. The van der Waals surface area contributed by atoms with Crippen LogP contribution < -0.4 is 15.6 Å². The average Bonchev–Trinajstić information content (AvgIpc) is 2.44. The van der Waals surface area contributed by atoms with Crippen molar-refractivity contribution in [2.75, 3.05) is 18.5 Å². The van der Waals surface area contributed by atoms with Gasteiger partial charge in [0.05, 0.1) is 18.4 Å². The van der Waals surface area contributed by atoms with Crippen molar-refractivity contribution < 1.29 is 4.74 Å². The van der Waals surface area contributed by atoms with Gasteiger partial charge in [-0.05, 0) is 31.2 Å². The van der Waals surface area contributed by atoms with Crippen LogP contribution in [0.1, 0.15) is 6.92 Å². The summed E-state index contributed by atoms with van der Waals surface area (Å²) in [4.78, 5) is 11.8. The van der Waals surface area contributed by atoms with Crippen molar-refractivity contribution in [3.8, 4) is 5.75 Å². The molecule has 2 rings (SSSR count). The number of ether oxygens (including phenoxy) is 1. The smallest absolute Gasteiger partial charge is 0.268 e. The van der Waals surface area contributed by atoms with Crippen LogP contribution in [-0.2, 0) is 6.54 Å². The lowest BCUT2D eigenvalue weighted by atomic mass is 10.3. The van der Waals surface area contributed by atoms with Gasteiger partial charge in [-0.1, -0.05) is 15.9 Å². The molecule has 2 aromatic rings. The predicted octanol–water partition coefficient (Wildman–Crippen LogP) is 2.52. The first-order valence-electron chi connectivity index (χ1n) is 6.38. The molecular weight excluding hydrogens is 322 g/mol. The Kier molecular flexibility index (Phi) is 5.17. The third kappa shape index (κ3) is 4.09. The number of aromatic nitrogens is 2. The van der Waals surface area contributed by atoms with Crippen LogP contribution in [0.4, 0.5) is 5.69 Å². The molecule has 0 aliphatic carbocycles. The van der Waals surface area contributed by atoms with Crippen LogP contribution in [0.5, 0.6) is 5.75 Å². The topological polar surface area (TPSA) is 56.1 Å². The number of halogens is 1. The van der Waals surface area contributed by atoms with Gasteiger partial charge in [0.25, 0.3) is 5.56 Å². The van der Waals surface area contributed by atoms with E-state index in [0.29, 0.717) is 13.2 Å². The molecule has 5 nitrogen and oxygen atoms in total. The Labute approximate surface area is 125 Å². The van der Waals surface area contributed by atoms with Gasteiger partial charge < -0.3 is 10.1 Å². The highest BCUT2D eigenvalue weighted by atomic mass is 79.9. The van der Waals surface area contributed by atoms with Crippen LogP contribution in [0, 0.1) is 0 Å². The van der Waals surface area contributed by atoms with Crippen LogP contribution in [0.2, 0.25) is 0 Å². The lowest BCUT2D eigenvalue weighted by Crippen LogP contribution is -2.25. The van der Waals surface area contributed by atoms with Crippen molar-refractivity contribution in [3.05, 3.63) is 51.4 Å². The largest absolute Gasteiger partial charge is 0.492 e. The van der Waals surface area contributed by atoms with E-state index in [1.807, 2.05) is 31.2 Å². The number of nitrogens with one attached hydrogen (secondary N) is 1. The minimum atomic E-state index is -0.136. The van der Waals surface area contributed by atoms with Gasteiger partial charge in [0, 0.05) is 17.1 Å². The molecule has 0 saturated heterocycles. The summed E-state index contributed by atoms with van der Waals surface area (Å²) in [6, 6.07) is 9.09. The zero-order chi connectivity index (χ0) is 14.4. The van der Waals surface area contributed by atoms with Gasteiger partial charge in [-0.25, -0.2) is 4.68 Å². The maximum Gasteiger partial charge on any atom is 0.268 e. The molecule has 0 aliphatic heterocycles. The standard InChI is InChI=1S/C14H16BrN3O2/c1-2-16-12-9-14(19)18(17-10-12)7-8-20-13-5-3-11(15)4-6-13/h3-6,9-10,16H,2,7-8H2,1H3. The predicted molar refractivity (Wildman–Crippen MR) is 82.3 cm³/mol. The average molecular weight is 338 g/mol. The van der Waals surface area contributed by atoms with Gasteiger partial charge in [-0.2, -0.15) is 5.10 Å². The molecule has 0 fully saturated rings. The highest BCUT2D eigenvalue weighted by molar-refractivity contribution is 9.10. The van der Waals surface area contributed by atoms with Gasteiger partial charge in [0.2, 0.25) is 0 Å². The molecule has 0 radical (unpaired) electrons. The molecule has 1 heterocycles. The Morgan fingerprint density at radius 3 is 2.75 bits per heavy atom. The maximum absolute atomic E-state index is 11.8. The van der Waals surface area contributed by atoms with Crippen molar-refractivity contribution in [2.24, 2.45) is 0 Å². The van der Waals surface area contributed by atoms with E-state index in [9.17, 15) is 4.79 Å². The van der Waals surface area contributed by atoms with E-state index in [-0.39, 0.29) is 5.56 Å². The fourth-order valence-electron chi connectivity index (χ4n) is 1.68. The van der Waals surface area contributed by atoms with E-state index in [1.54, 1.807) is 6.20 Å². The summed E-state index contributed by atoms with van der Waals surface area (Å²) in [6.45, 7) is 3.55. The fraction of sp³-hybridized carbons (Fsp3) is 0.286. The Morgan fingerprint density at radius 2 is 2.10 bits per heavy atom. The zero-order valence-electron chi connectivity index (χ0n) is 11.2. The first-order valence-corrected chi connectivity index (χ1v) is 7.17. The van der Waals surface area contributed by atoms with E-state index in [2.05, 4.69) is 26.3 Å². The number of rotatable bonds is 6. The van der Waals surface area contributed by atoms with Crippen molar-refractivity contribution in [3.63, 3.8) is 0 Å². The molecular formula is C14H16BrN3O2. The Hall–Kier alpha value is -1.82. The molecule has 0 bridgehead atoms. The molecule has 106 valence electrons.